The van der Waals surface area contributed by atoms with Crippen LogP contribution in [-0.2, 0) is 25.7 Å². The summed E-state index contributed by atoms with van der Waals surface area (Å²) < 4.78 is 0. The first-order valence-electron chi connectivity index (χ1n) is 19.1. The Hall–Kier alpha value is -2.92. The second kappa shape index (κ2) is 18.4. The van der Waals surface area contributed by atoms with Crippen LogP contribution in [0, 0.1) is 32.1 Å². The molecular formula is C39H60N6O4. The number of nitro benzene ring substituents is 2. The first-order valence-corrected chi connectivity index (χ1v) is 19.1. The molecule has 0 aromatic heterocycles. The van der Waals surface area contributed by atoms with Gasteiger partial charge >= 0.3 is 0 Å². The Morgan fingerprint density at radius 1 is 0.694 bits per heavy atom. The van der Waals surface area contributed by atoms with Crippen LogP contribution in [-0.4, -0.2) is 96.0 Å². The van der Waals surface area contributed by atoms with Crippen LogP contribution in [0.2, 0.25) is 0 Å². The predicted molar refractivity (Wildman–Crippen MR) is 197 cm³/mol. The molecule has 2 fully saturated rings. The van der Waals surface area contributed by atoms with Crippen molar-refractivity contribution in [3.63, 3.8) is 0 Å². The summed E-state index contributed by atoms with van der Waals surface area (Å²) in [5.74, 6) is 1.60. The van der Waals surface area contributed by atoms with Gasteiger partial charge in [0.2, 0.25) is 0 Å². The highest BCUT2D eigenvalue weighted by molar-refractivity contribution is 5.42. The van der Waals surface area contributed by atoms with Crippen LogP contribution in [0.3, 0.4) is 0 Å². The minimum Gasteiger partial charge on any atom is -0.317 e. The lowest BCUT2D eigenvalue weighted by atomic mass is 9.86. The van der Waals surface area contributed by atoms with Crippen LogP contribution in [0.5, 0.6) is 0 Å². The topological polar surface area (TPSA) is 108 Å². The Morgan fingerprint density at radius 2 is 1.14 bits per heavy atom. The fourth-order valence-corrected chi connectivity index (χ4v) is 8.69. The van der Waals surface area contributed by atoms with Gasteiger partial charge in [-0.25, -0.2) is 0 Å². The van der Waals surface area contributed by atoms with Gasteiger partial charge in [-0.15, -0.1) is 0 Å². The smallest absolute Gasteiger partial charge is 0.269 e. The Bertz CT molecular complexity index is 1370. The van der Waals surface area contributed by atoms with Gasteiger partial charge in [0.15, 0.2) is 0 Å². The van der Waals surface area contributed by atoms with Crippen molar-refractivity contribution >= 4 is 11.4 Å². The molecule has 2 aromatic rings. The molecule has 10 nitrogen and oxygen atoms in total. The third-order valence-corrected chi connectivity index (χ3v) is 11.5. The zero-order valence-electron chi connectivity index (χ0n) is 30.3. The number of rotatable bonds is 12. The molecule has 2 saturated heterocycles. The Labute approximate surface area is 293 Å². The van der Waals surface area contributed by atoms with E-state index in [0.29, 0.717) is 12.1 Å². The van der Waals surface area contributed by atoms with Crippen molar-refractivity contribution in [2.24, 2.45) is 11.8 Å². The van der Waals surface area contributed by atoms with E-state index in [1.54, 1.807) is 24.3 Å². The van der Waals surface area contributed by atoms with Crippen LogP contribution >= 0.6 is 0 Å². The zero-order chi connectivity index (χ0) is 34.8. The lowest BCUT2D eigenvalue weighted by molar-refractivity contribution is -0.385. The average molecular weight is 677 g/mol. The maximum absolute atomic E-state index is 11.1. The number of hydrogen-bond acceptors (Lipinski definition) is 8. The van der Waals surface area contributed by atoms with E-state index in [9.17, 15) is 20.2 Å². The number of nitrogens with zero attached hydrogens (tertiary/aromatic N) is 5. The van der Waals surface area contributed by atoms with Crippen molar-refractivity contribution in [3.8, 4) is 0 Å². The quantitative estimate of drug-likeness (QED) is 0.196. The summed E-state index contributed by atoms with van der Waals surface area (Å²) in [4.78, 5) is 29.4. The minimum atomic E-state index is -0.275. The number of fused-ring (bicyclic) bond motifs is 2. The van der Waals surface area contributed by atoms with Gasteiger partial charge in [-0.1, -0.05) is 26.0 Å². The van der Waals surface area contributed by atoms with Gasteiger partial charge in [0.05, 0.1) is 9.85 Å². The number of nitro groups is 2. The third-order valence-electron chi connectivity index (χ3n) is 11.5. The first-order chi connectivity index (χ1) is 23.7. The van der Waals surface area contributed by atoms with E-state index in [0.717, 1.165) is 63.7 Å². The normalized spacial score (nSPS) is 21.9. The van der Waals surface area contributed by atoms with Gasteiger partial charge in [0.1, 0.15) is 0 Å². The molecule has 0 radical (unpaired) electrons. The Balaban J connectivity index is 0.000000191. The van der Waals surface area contributed by atoms with Crippen molar-refractivity contribution in [2.75, 3.05) is 59.4 Å². The number of nitrogens with one attached hydrogen (secondary N) is 1. The highest BCUT2D eigenvalue weighted by Crippen LogP contribution is 2.31. The molecular weight excluding hydrogens is 616 g/mol. The first kappa shape index (κ1) is 37.3. The summed E-state index contributed by atoms with van der Waals surface area (Å²) in [5.41, 5.74) is 5.45. The molecule has 2 aliphatic carbocycles. The lowest BCUT2D eigenvalue weighted by Crippen LogP contribution is -2.44. The van der Waals surface area contributed by atoms with Crippen molar-refractivity contribution < 1.29 is 9.85 Å². The molecule has 0 spiro atoms. The fraction of sp³-hybridized carbons (Fsp3) is 0.692. The number of likely N-dealkylation sites (tertiary alicyclic amines) is 1. The van der Waals surface area contributed by atoms with E-state index in [1.165, 1.54) is 99.8 Å². The molecule has 270 valence electrons. The highest BCUT2D eigenvalue weighted by Gasteiger charge is 2.29. The van der Waals surface area contributed by atoms with Gasteiger partial charge in [-0.2, -0.15) is 0 Å². The van der Waals surface area contributed by atoms with Gasteiger partial charge in [0.25, 0.3) is 11.4 Å². The van der Waals surface area contributed by atoms with Crippen LogP contribution in [0.1, 0.15) is 87.5 Å². The fourth-order valence-electron chi connectivity index (χ4n) is 8.69. The number of aryl methyl sites for hydroxylation is 2. The summed E-state index contributed by atoms with van der Waals surface area (Å²) >= 11 is 0. The summed E-state index contributed by atoms with van der Waals surface area (Å²) in [7, 11) is 2.21. The van der Waals surface area contributed by atoms with Crippen LogP contribution in [0.4, 0.5) is 11.4 Å². The van der Waals surface area contributed by atoms with E-state index in [4.69, 9.17) is 0 Å². The minimum absolute atomic E-state index is 0.231. The van der Waals surface area contributed by atoms with E-state index >= 15 is 0 Å². The molecule has 49 heavy (non-hydrogen) atoms. The standard InChI is InChI=1S/C20H31N3O2.C19H29N3O2/c1-3-10-22(15-16-8-11-21(2)12-9-16)19-6-4-17-5-7-20(23(24)25)14-18(17)13-19;1-2-11-21(14-15-7-9-20-10-8-15)18-5-3-16-4-6-19(22(23)24)13-17(16)12-18/h5,7,14,16,19H,3-4,6,8-13,15H2,1-2H3;4,6,13,15,18,20H,2-3,5,7-12,14H2,1H3. The zero-order valence-corrected chi connectivity index (χ0v) is 30.3. The number of hydrogen-bond donors (Lipinski definition) is 1. The molecule has 2 atom stereocenters. The van der Waals surface area contributed by atoms with E-state index in [1.807, 2.05) is 12.1 Å². The van der Waals surface area contributed by atoms with Crippen molar-refractivity contribution in [1.29, 1.82) is 0 Å². The maximum Gasteiger partial charge on any atom is 0.269 e. The van der Waals surface area contributed by atoms with Gasteiger partial charge < -0.3 is 10.2 Å². The molecule has 4 aliphatic rings. The molecule has 0 bridgehead atoms. The van der Waals surface area contributed by atoms with Gasteiger partial charge in [-0.3, -0.25) is 30.0 Å². The van der Waals surface area contributed by atoms with Crippen LogP contribution in [0.25, 0.3) is 0 Å². The molecule has 0 amide bonds. The molecule has 2 heterocycles. The van der Waals surface area contributed by atoms with E-state index in [2.05, 4.69) is 40.9 Å². The molecule has 2 aromatic carbocycles. The number of non-ortho nitro benzene ring substituents is 2. The average Bonchev–Trinajstić information content (AvgIpc) is 3.12. The summed E-state index contributed by atoms with van der Waals surface area (Å²) in [6.45, 7) is 13.9. The molecule has 1 N–H and O–H groups in total. The Morgan fingerprint density at radius 3 is 1.57 bits per heavy atom. The molecule has 0 saturated carbocycles. The van der Waals surface area contributed by atoms with Crippen molar-refractivity contribution in [1.82, 2.24) is 20.0 Å². The summed E-state index contributed by atoms with van der Waals surface area (Å²) in [6.07, 6.45) is 13.9. The molecule has 10 heteroatoms. The SMILES string of the molecule is CCCN(CC1CCN(C)CC1)C1CCc2ccc([N+](=O)[O-])cc2C1.CCCN(CC1CCNCC1)C1CCc2ccc([N+](=O)[O-])cc2C1. The van der Waals surface area contributed by atoms with Gasteiger partial charge in [-0.05, 0) is 157 Å². The summed E-state index contributed by atoms with van der Waals surface area (Å²) in [5, 5.41) is 25.6. The molecule has 6 rings (SSSR count). The van der Waals surface area contributed by atoms with E-state index in [-0.39, 0.29) is 21.2 Å². The lowest BCUT2D eigenvalue weighted by Gasteiger charge is -2.39. The van der Waals surface area contributed by atoms with Crippen molar-refractivity contribution in [2.45, 2.75) is 103 Å². The van der Waals surface area contributed by atoms with Gasteiger partial charge in [0, 0.05) is 49.4 Å². The second-order valence-corrected chi connectivity index (χ2v) is 15.1. The predicted octanol–water partition coefficient (Wildman–Crippen LogP) is 6.67. The summed E-state index contributed by atoms with van der Waals surface area (Å²) in [6, 6.07) is 11.9. The molecule has 2 unspecified atom stereocenters. The number of piperidine rings is 2. The second-order valence-electron chi connectivity index (χ2n) is 15.1. The monoisotopic (exact) mass is 676 g/mol. The van der Waals surface area contributed by atoms with Crippen LogP contribution in [0.15, 0.2) is 36.4 Å². The third kappa shape index (κ3) is 10.5. The maximum atomic E-state index is 11.1. The van der Waals surface area contributed by atoms with Crippen molar-refractivity contribution in [3.05, 3.63) is 78.9 Å². The largest absolute Gasteiger partial charge is 0.317 e. The highest BCUT2D eigenvalue weighted by atomic mass is 16.6. The molecule has 2 aliphatic heterocycles. The Kier molecular flexibility index (Phi) is 14.0. The van der Waals surface area contributed by atoms with E-state index < -0.39 is 0 Å². The number of benzene rings is 2. The van der Waals surface area contributed by atoms with Crippen LogP contribution < -0.4 is 5.32 Å².